The van der Waals surface area contributed by atoms with E-state index in [-0.39, 0.29) is 25.9 Å². The predicted octanol–water partition coefficient (Wildman–Crippen LogP) is 3.87. The third-order valence-corrected chi connectivity index (χ3v) is 9.06. The van der Waals surface area contributed by atoms with E-state index in [2.05, 4.69) is 13.8 Å². The molecule has 0 fully saturated rings. The van der Waals surface area contributed by atoms with Crippen LogP contribution in [0.4, 0.5) is 0 Å². The van der Waals surface area contributed by atoms with Crippen LogP contribution in [0, 0.1) is 0 Å². The summed E-state index contributed by atoms with van der Waals surface area (Å²) in [5, 5.41) is 0. The quantitative estimate of drug-likeness (QED) is 0.206. The standard InChI is InChI=1S/C20H45NO6P2/c1-3-5-7-9-10-12-15-26-18-20(19-29(24,25)27-16-14-21)28(22,23)17-13-11-8-6-4-2/h20H,3-19,21H2,1-2H3,(H,22,23)(H,24,25)/p-2/t20-/m1/s1. The molecule has 0 aromatic carbocycles. The van der Waals surface area contributed by atoms with E-state index in [1.54, 1.807) is 0 Å². The summed E-state index contributed by atoms with van der Waals surface area (Å²) in [7, 11) is -8.18. The molecular weight excluding hydrogens is 412 g/mol. The molecule has 2 unspecified atom stereocenters. The number of hydrogen-bond donors (Lipinski definition) is 1. The van der Waals surface area contributed by atoms with Crippen LogP contribution in [0.15, 0.2) is 0 Å². The Kier molecular flexibility index (Phi) is 18.1. The Morgan fingerprint density at radius 1 is 0.828 bits per heavy atom. The molecular formula is C20H43NO6P2-2. The second kappa shape index (κ2) is 17.9. The van der Waals surface area contributed by atoms with Crippen molar-refractivity contribution < 1.29 is 28.2 Å². The average molecular weight is 456 g/mol. The molecule has 0 aromatic rings. The summed E-state index contributed by atoms with van der Waals surface area (Å²) in [5.41, 5.74) is 4.23. The van der Waals surface area contributed by atoms with Crippen LogP contribution in [0.5, 0.6) is 0 Å². The van der Waals surface area contributed by atoms with Gasteiger partial charge in [0.25, 0.3) is 0 Å². The molecule has 0 radical (unpaired) electrons. The van der Waals surface area contributed by atoms with Gasteiger partial charge in [-0.15, -0.1) is 0 Å². The van der Waals surface area contributed by atoms with Crippen molar-refractivity contribution in [2.24, 2.45) is 5.73 Å². The first kappa shape index (κ1) is 29.3. The molecule has 9 heteroatoms. The Balaban J connectivity index is 4.58. The van der Waals surface area contributed by atoms with Gasteiger partial charge in [-0.05, 0) is 19.0 Å². The van der Waals surface area contributed by atoms with E-state index in [0.717, 1.165) is 44.9 Å². The van der Waals surface area contributed by atoms with E-state index in [4.69, 9.17) is 15.0 Å². The van der Waals surface area contributed by atoms with Crippen molar-refractivity contribution >= 4 is 15.0 Å². The molecule has 0 saturated heterocycles. The van der Waals surface area contributed by atoms with E-state index in [1.165, 1.54) is 19.3 Å². The molecule has 0 heterocycles. The number of ether oxygens (including phenoxy) is 1. The molecule has 0 aromatic heterocycles. The number of unbranched alkanes of at least 4 members (excludes halogenated alkanes) is 9. The van der Waals surface area contributed by atoms with E-state index in [0.29, 0.717) is 13.0 Å². The molecule has 0 aliphatic carbocycles. The van der Waals surface area contributed by atoms with Crippen molar-refractivity contribution in [2.45, 2.75) is 90.1 Å². The summed E-state index contributed by atoms with van der Waals surface area (Å²) in [5.74, 6) is 0. The largest absolute Gasteiger partial charge is 0.799 e. The van der Waals surface area contributed by atoms with E-state index < -0.39 is 26.8 Å². The predicted molar refractivity (Wildman–Crippen MR) is 117 cm³/mol. The van der Waals surface area contributed by atoms with Gasteiger partial charge in [-0.25, -0.2) is 0 Å². The van der Waals surface area contributed by atoms with Crippen LogP contribution in [0.25, 0.3) is 0 Å². The smallest absolute Gasteiger partial charge is 0.135 e. The summed E-state index contributed by atoms with van der Waals surface area (Å²) < 4.78 is 35.3. The number of hydrogen-bond acceptors (Lipinski definition) is 7. The minimum absolute atomic E-state index is 0.0125. The molecule has 0 rings (SSSR count). The van der Waals surface area contributed by atoms with Crippen molar-refractivity contribution in [3.05, 3.63) is 0 Å². The van der Waals surface area contributed by atoms with Crippen LogP contribution in [0.1, 0.15) is 84.5 Å². The molecule has 0 saturated carbocycles. The van der Waals surface area contributed by atoms with Gasteiger partial charge in [0, 0.05) is 32.3 Å². The van der Waals surface area contributed by atoms with Gasteiger partial charge in [0.05, 0.1) is 13.2 Å². The Bertz CT molecular complexity index is 478. The Hall–Kier alpha value is 0.260. The normalized spacial score (nSPS) is 17.0. The highest BCUT2D eigenvalue weighted by molar-refractivity contribution is 7.59. The minimum Gasteiger partial charge on any atom is -0.799 e. The average Bonchev–Trinajstić information content (AvgIpc) is 2.67. The summed E-state index contributed by atoms with van der Waals surface area (Å²) in [4.78, 5) is 24.9. The van der Waals surface area contributed by atoms with Crippen LogP contribution < -0.4 is 15.5 Å². The second-order valence-electron chi connectivity index (χ2n) is 7.78. The highest BCUT2D eigenvalue weighted by Gasteiger charge is 2.27. The van der Waals surface area contributed by atoms with Crippen molar-refractivity contribution in [2.75, 3.05) is 38.7 Å². The van der Waals surface area contributed by atoms with Crippen molar-refractivity contribution in [3.8, 4) is 0 Å². The third-order valence-electron chi connectivity index (χ3n) is 4.92. The van der Waals surface area contributed by atoms with Crippen LogP contribution in [-0.4, -0.2) is 44.3 Å². The molecule has 176 valence electrons. The summed E-state index contributed by atoms with van der Waals surface area (Å²) in [6, 6.07) is 0. The van der Waals surface area contributed by atoms with Crippen LogP contribution in [0.2, 0.25) is 0 Å². The molecule has 2 N–H and O–H groups in total. The van der Waals surface area contributed by atoms with Crippen LogP contribution in [-0.2, 0) is 18.4 Å². The fraction of sp³-hybridized carbons (Fsp3) is 1.00. The fourth-order valence-corrected chi connectivity index (χ4v) is 7.18. The maximum absolute atomic E-state index is 12.8. The highest BCUT2D eigenvalue weighted by Crippen LogP contribution is 2.50. The molecule has 0 aliphatic heterocycles. The number of rotatable bonds is 21. The monoisotopic (exact) mass is 455 g/mol. The van der Waals surface area contributed by atoms with Gasteiger partial charge < -0.3 is 33.9 Å². The molecule has 0 aliphatic rings. The van der Waals surface area contributed by atoms with Crippen molar-refractivity contribution in [3.63, 3.8) is 0 Å². The topological polar surface area (TPSA) is 125 Å². The lowest BCUT2D eigenvalue weighted by molar-refractivity contribution is -0.200. The summed E-state index contributed by atoms with van der Waals surface area (Å²) in [6.45, 7) is 4.56. The van der Waals surface area contributed by atoms with Gasteiger partial charge in [0.1, 0.15) is 7.60 Å². The van der Waals surface area contributed by atoms with Gasteiger partial charge in [-0.2, -0.15) is 0 Å². The molecule has 3 atom stereocenters. The zero-order valence-corrected chi connectivity index (χ0v) is 20.3. The Morgan fingerprint density at radius 2 is 1.38 bits per heavy atom. The Morgan fingerprint density at radius 3 is 1.97 bits per heavy atom. The molecule has 0 spiro atoms. The first-order valence-electron chi connectivity index (χ1n) is 11.3. The lowest BCUT2D eigenvalue weighted by Gasteiger charge is -2.36. The summed E-state index contributed by atoms with van der Waals surface area (Å²) in [6.07, 6.45) is 10.7. The minimum atomic E-state index is -4.27. The molecule has 7 nitrogen and oxygen atoms in total. The van der Waals surface area contributed by atoms with Gasteiger partial charge in [-0.3, -0.25) is 0 Å². The lowest BCUT2D eigenvalue weighted by Crippen LogP contribution is -2.31. The lowest BCUT2D eigenvalue weighted by atomic mass is 10.1. The molecule has 0 bridgehead atoms. The zero-order chi connectivity index (χ0) is 22.0. The van der Waals surface area contributed by atoms with Gasteiger partial charge in [0.15, 0.2) is 0 Å². The van der Waals surface area contributed by atoms with Gasteiger partial charge in [0.2, 0.25) is 0 Å². The zero-order valence-electron chi connectivity index (χ0n) is 18.5. The fourth-order valence-electron chi connectivity index (χ4n) is 3.12. The highest BCUT2D eigenvalue weighted by atomic mass is 31.2. The van der Waals surface area contributed by atoms with E-state index >= 15 is 0 Å². The van der Waals surface area contributed by atoms with E-state index in [9.17, 15) is 18.9 Å². The first-order valence-corrected chi connectivity index (χ1v) is 14.9. The van der Waals surface area contributed by atoms with Crippen molar-refractivity contribution in [1.82, 2.24) is 0 Å². The van der Waals surface area contributed by atoms with E-state index in [1.807, 2.05) is 0 Å². The van der Waals surface area contributed by atoms with Crippen LogP contribution >= 0.6 is 15.0 Å². The Labute approximate surface area is 178 Å². The molecule has 0 amide bonds. The van der Waals surface area contributed by atoms with Crippen molar-refractivity contribution in [1.29, 1.82) is 0 Å². The maximum atomic E-state index is 12.8. The van der Waals surface area contributed by atoms with Gasteiger partial charge >= 0.3 is 0 Å². The summed E-state index contributed by atoms with van der Waals surface area (Å²) >= 11 is 0. The first-order chi connectivity index (χ1) is 13.8. The van der Waals surface area contributed by atoms with Gasteiger partial charge in [-0.1, -0.05) is 71.6 Å². The molecule has 29 heavy (non-hydrogen) atoms. The third kappa shape index (κ3) is 16.6. The van der Waals surface area contributed by atoms with Crippen LogP contribution in [0.3, 0.4) is 0 Å². The number of nitrogens with two attached hydrogens (primary N) is 1. The maximum Gasteiger partial charge on any atom is 0.135 e. The SMILES string of the molecule is CCCCCCCCOC[C@H](CP(=O)([O-])OCCN)P(=O)([O-])CCCCCCC. The second-order valence-corrected chi connectivity index (χ2v) is 12.3.